The van der Waals surface area contributed by atoms with Gasteiger partial charge >= 0.3 is 0 Å². The Morgan fingerprint density at radius 2 is 1.58 bits per heavy atom. The summed E-state index contributed by atoms with van der Waals surface area (Å²) in [6, 6.07) is 26.0. The van der Waals surface area contributed by atoms with E-state index in [1.807, 2.05) is 89.8 Å². The SMILES string of the molecule is CCN(CC)CCCC(C)N(Cc1ccc(OCc2ccccc2)c(OC)c1)C(=O)/C=C/c1ccccc1. The summed E-state index contributed by atoms with van der Waals surface area (Å²) in [5, 5.41) is 0. The van der Waals surface area contributed by atoms with Gasteiger partial charge in [0.1, 0.15) is 6.61 Å². The monoisotopic (exact) mass is 514 g/mol. The van der Waals surface area contributed by atoms with E-state index in [4.69, 9.17) is 9.47 Å². The molecule has 0 saturated heterocycles. The zero-order chi connectivity index (χ0) is 27.2. The second kappa shape index (κ2) is 15.6. The van der Waals surface area contributed by atoms with Crippen molar-refractivity contribution in [3.05, 3.63) is 102 Å². The molecule has 3 aromatic carbocycles. The lowest BCUT2D eigenvalue weighted by Gasteiger charge is -2.29. The first-order valence-corrected chi connectivity index (χ1v) is 13.6. The summed E-state index contributed by atoms with van der Waals surface area (Å²) in [6.45, 7) is 10.6. The number of rotatable bonds is 15. The van der Waals surface area contributed by atoms with Gasteiger partial charge in [-0.3, -0.25) is 4.79 Å². The van der Waals surface area contributed by atoms with Gasteiger partial charge in [-0.2, -0.15) is 0 Å². The van der Waals surface area contributed by atoms with Gasteiger partial charge in [0, 0.05) is 18.7 Å². The highest BCUT2D eigenvalue weighted by molar-refractivity contribution is 5.92. The van der Waals surface area contributed by atoms with Gasteiger partial charge in [0.05, 0.1) is 7.11 Å². The summed E-state index contributed by atoms with van der Waals surface area (Å²) in [7, 11) is 1.65. The molecule has 202 valence electrons. The third-order valence-corrected chi connectivity index (χ3v) is 6.84. The standard InChI is InChI=1S/C33H42N2O3/c1-5-34(6-2)23-13-14-27(3)35(33(36)22-20-28-15-9-7-10-16-28)25-30-19-21-31(32(24-30)37-4)38-26-29-17-11-8-12-18-29/h7-12,15-22,24,27H,5-6,13-14,23,25-26H2,1-4H3/b22-20+. The third-order valence-electron chi connectivity index (χ3n) is 6.84. The summed E-state index contributed by atoms with van der Waals surface area (Å²) in [5.74, 6) is 1.36. The Morgan fingerprint density at radius 1 is 0.895 bits per heavy atom. The van der Waals surface area contributed by atoms with Crippen molar-refractivity contribution in [1.29, 1.82) is 0 Å². The van der Waals surface area contributed by atoms with Crippen molar-refractivity contribution in [3.63, 3.8) is 0 Å². The van der Waals surface area contributed by atoms with Gasteiger partial charge in [-0.15, -0.1) is 0 Å². The van der Waals surface area contributed by atoms with E-state index in [9.17, 15) is 4.79 Å². The molecule has 0 radical (unpaired) electrons. The van der Waals surface area contributed by atoms with Gasteiger partial charge in [0.15, 0.2) is 11.5 Å². The first-order chi connectivity index (χ1) is 18.5. The Labute approximate surface area is 228 Å². The van der Waals surface area contributed by atoms with Crippen LogP contribution in [0.1, 0.15) is 50.3 Å². The Balaban J connectivity index is 1.74. The fourth-order valence-corrected chi connectivity index (χ4v) is 4.45. The maximum absolute atomic E-state index is 13.4. The molecule has 0 aliphatic rings. The number of hydrogen-bond donors (Lipinski definition) is 0. The first kappa shape index (κ1) is 29.0. The van der Waals surface area contributed by atoms with E-state index in [2.05, 4.69) is 25.7 Å². The minimum absolute atomic E-state index is 0.00700. The maximum atomic E-state index is 13.4. The van der Waals surface area contributed by atoms with Crippen LogP contribution in [-0.4, -0.2) is 48.5 Å². The van der Waals surface area contributed by atoms with Crippen LogP contribution in [0.4, 0.5) is 0 Å². The third kappa shape index (κ3) is 9.07. The van der Waals surface area contributed by atoms with E-state index in [0.29, 0.717) is 24.7 Å². The molecular weight excluding hydrogens is 472 g/mol. The van der Waals surface area contributed by atoms with E-state index < -0.39 is 0 Å². The quantitative estimate of drug-likeness (QED) is 0.209. The summed E-state index contributed by atoms with van der Waals surface area (Å²) < 4.78 is 11.7. The first-order valence-electron chi connectivity index (χ1n) is 13.6. The predicted molar refractivity (Wildman–Crippen MR) is 156 cm³/mol. The molecule has 5 nitrogen and oxygen atoms in total. The van der Waals surface area contributed by atoms with E-state index in [1.165, 1.54) is 0 Å². The van der Waals surface area contributed by atoms with Crippen molar-refractivity contribution in [2.75, 3.05) is 26.7 Å². The predicted octanol–water partition coefficient (Wildman–Crippen LogP) is 6.83. The van der Waals surface area contributed by atoms with E-state index >= 15 is 0 Å². The van der Waals surface area contributed by atoms with Crippen molar-refractivity contribution in [2.45, 2.75) is 52.8 Å². The molecule has 0 heterocycles. The largest absolute Gasteiger partial charge is 0.493 e. The molecule has 3 aromatic rings. The molecule has 0 bridgehead atoms. The van der Waals surface area contributed by atoms with Crippen LogP contribution in [0.5, 0.6) is 11.5 Å². The lowest BCUT2D eigenvalue weighted by Crippen LogP contribution is -2.37. The van der Waals surface area contributed by atoms with Crippen LogP contribution in [0, 0.1) is 0 Å². The van der Waals surface area contributed by atoms with Crippen LogP contribution in [0.2, 0.25) is 0 Å². The molecule has 0 N–H and O–H groups in total. The van der Waals surface area contributed by atoms with Crippen LogP contribution >= 0.6 is 0 Å². The summed E-state index contributed by atoms with van der Waals surface area (Å²) >= 11 is 0. The molecule has 0 fully saturated rings. The van der Waals surface area contributed by atoms with Gasteiger partial charge in [-0.25, -0.2) is 0 Å². The van der Waals surface area contributed by atoms with Crippen molar-refractivity contribution in [1.82, 2.24) is 9.80 Å². The highest BCUT2D eigenvalue weighted by atomic mass is 16.5. The van der Waals surface area contributed by atoms with Crippen LogP contribution in [0.25, 0.3) is 6.08 Å². The van der Waals surface area contributed by atoms with Crippen LogP contribution in [0.15, 0.2) is 84.9 Å². The number of nitrogens with zero attached hydrogens (tertiary/aromatic N) is 2. The van der Waals surface area contributed by atoms with Crippen LogP contribution in [0.3, 0.4) is 0 Å². The van der Waals surface area contributed by atoms with Gasteiger partial charge in [-0.1, -0.05) is 80.6 Å². The molecule has 5 heteroatoms. The second-order valence-corrected chi connectivity index (χ2v) is 9.49. The lowest BCUT2D eigenvalue weighted by molar-refractivity contribution is -0.128. The Bertz CT molecular complexity index is 1130. The Hall–Kier alpha value is -3.57. The second-order valence-electron chi connectivity index (χ2n) is 9.49. The highest BCUT2D eigenvalue weighted by Gasteiger charge is 2.20. The zero-order valence-corrected chi connectivity index (χ0v) is 23.3. The number of ether oxygens (including phenoxy) is 2. The van der Waals surface area contributed by atoms with E-state index in [1.54, 1.807) is 13.2 Å². The highest BCUT2D eigenvalue weighted by Crippen LogP contribution is 2.30. The molecule has 1 atom stereocenters. The van der Waals surface area contributed by atoms with E-state index in [0.717, 1.165) is 49.2 Å². The van der Waals surface area contributed by atoms with Crippen molar-refractivity contribution < 1.29 is 14.3 Å². The number of benzene rings is 3. The van der Waals surface area contributed by atoms with Crippen LogP contribution in [-0.2, 0) is 17.9 Å². The molecule has 38 heavy (non-hydrogen) atoms. The van der Waals surface area contributed by atoms with E-state index in [-0.39, 0.29) is 11.9 Å². The number of hydrogen-bond acceptors (Lipinski definition) is 4. The smallest absolute Gasteiger partial charge is 0.247 e. The number of methoxy groups -OCH3 is 1. The minimum Gasteiger partial charge on any atom is -0.493 e. The maximum Gasteiger partial charge on any atom is 0.247 e. The summed E-state index contributed by atoms with van der Waals surface area (Å²) in [6.07, 6.45) is 5.56. The molecule has 3 rings (SSSR count). The van der Waals surface area contributed by atoms with Crippen molar-refractivity contribution in [2.24, 2.45) is 0 Å². The lowest BCUT2D eigenvalue weighted by atomic mass is 10.1. The van der Waals surface area contributed by atoms with Crippen LogP contribution < -0.4 is 9.47 Å². The summed E-state index contributed by atoms with van der Waals surface area (Å²) in [4.78, 5) is 17.8. The van der Waals surface area contributed by atoms with Gasteiger partial charge in [0.2, 0.25) is 5.91 Å². The molecular formula is C33H42N2O3. The topological polar surface area (TPSA) is 42.0 Å². The minimum atomic E-state index is 0.00700. The Morgan fingerprint density at radius 3 is 2.24 bits per heavy atom. The molecule has 0 saturated carbocycles. The Kier molecular flexibility index (Phi) is 11.9. The molecule has 0 aliphatic heterocycles. The number of carbonyl (C=O) groups excluding carboxylic acids is 1. The van der Waals surface area contributed by atoms with Crippen molar-refractivity contribution >= 4 is 12.0 Å². The number of amides is 1. The van der Waals surface area contributed by atoms with Gasteiger partial charge in [-0.05, 0) is 74.3 Å². The van der Waals surface area contributed by atoms with Gasteiger partial charge in [0.25, 0.3) is 0 Å². The molecule has 1 unspecified atom stereocenters. The van der Waals surface area contributed by atoms with Crippen molar-refractivity contribution in [3.8, 4) is 11.5 Å². The van der Waals surface area contributed by atoms with Gasteiger partial charge < -0.3 is 19.3 Å². The molecule has 0 aromatic heterocycles. The fourth-order valence-electron chi connectivity index (χ4n) is 4.45. The average molecular weight is 515 g/mol. The zero-order valence-electron chi connectivity index (χ0n) is 23.3. The average Bonchev–Trinajstić information content (AvgIpc) is 2.97. The normalized spacial score (nSPS) is 12.0. The molecule has 0 spiro atoms. The summed E-state index contributed by atoms with van der Waals surface area (Å²) in [5.41, 5.74) is 3.11. The number of carbonyl (C=O) groups is 1. The molecule has 0 aliphatic carbocycles. The fraction of sp³-hybridized carbons (Fsp3) is 0.364. The molecule has 1 amide bonds.